The molecule has 0 unspecified atom stereocenters. The maximum Gasteiger partial charge on any atom is 0.254 e. The monoisotopic (exact) mass is 382 g/mol. The molecular formula is C21H30N6O. The van der Waals surface area contributed by atoms with Gasteiger partial charge in [-0.1, -0.05) is 30.3 Å². The maximum absolute atomic E-state index is 11.6. The van der Waals surface area contributed by atoms with Gasteiger partial charge < -0.3 is 15.5 Å². The molecule has 0 bridgehead atoms. The molecule has 0 spiro atoms. The highest BCUT2D eigenvalue weighted by Gasteiger charge is 2.27. The van der Waals surface area contributed by atoms with Crippen molar-refractivity contribution in [3.63, 3.8) is 0 Å². The highest BCUT2D eigenvalue weighted by atomic mass is 16.1. The topological polar surface area (TPSA) is 81.5 Å². The van der Waals surface area contributed by atoms with Crippen LogP contribution in [0.3, 0.4) is 0 Å². The number of nitrogen functional groups attached to an aromatic ring is 1. The maximum atomic E-state index is 11.6. The molecule has 3 N–H and O–H groups in total. The van der Waals surface area contributed by atoms with E-state index in [2.05, 4.69) is 55.0 Å². The lowest BCUT2D eigenvalue weighted by molar-refractivity contribution is 0.104. The van der Waals surface area contributed by atoms with Gasteiger partial charge in [-0.2, -0.15) is 4.98 Å². The van der Waals surface area contributed by atoms with Gasteiger partial charge >= 0.3 is 0 Å². The summed E-state index contributed by atoms with van der Waals surface area (Å²) in [7, 11) is 0. The van der Waals surface area contributed by atoms with Crippen molar-refractivity contribution < 1.29 is 0 Å². The SMILES string of the molecule is Nc1nc(N2CCN(C3CCN(CCc4ccccc4)CC3)CC2)cc(=O)[nH]1. The van der Waals surface area contributed by atoms with E-state index in [0.29, 0.717) is 11.9 Å². The van der Waals surface area contributed by atoms with E-state index in [1.165, 1.54) is 37.6 Å². The Balaban J connectivity index is 1.22. The Morgan fingerprint density at radius 2 is 1.75 bits per heavy atom. The summed E-state index contributed by atoms with van der Waals surface area (Å²) in [6.07, 6.45) is 3.62. The minimum Gasteiger partial charge on any atom is -0.369 e. The summed E-state index contributed by atoms with van der Waals surface area (Å²) in [6, 6.07) is 13.0. The van der Waals surface area contributed by atoms with Crippen molar-refractivity contribution in [2.45, 2.75) is 25.3 Å². The predicted molar refractivity (Wildman–Crippen MR) is 113 cm³/mol. The summed E-state index contributed by atoms with van der Waals surface area (Å²) in [5.41, 5.74) is 6.92. The van der Waals surface area contributed by atoms with Gasteiger partial charge in [0.2, 0.25) is 5.95 Å². The van der Waals surface area contributed by atoms with Crippen molar-refractivity contribution in [2.75, 3.05) is 56.4 Å². The molecule has 1 aromatic carbocycles. The van der Waals surface area contributed by atoms with Crippen molar-refractivity contribution in [2.24, 2.45) is 0 Å². The second kappa shape index (κ2) is 8.75. The van der Waals surface area contributed by atoms with Crippen LogP contribution in [0.25, 0.3) is 0 Å². The fourth-order valence-electron chi connectivity index (χ4n) is 4.38. The standard InChI is InChI=1S/C21H30N6O/c22-21-23-19(16-20(28)24-21)27-14-12-26(13-15-27)18-7-10-25(11-8-18)9-6-17-4-2-1-3-5-17/h1-5,16,18H,6-15H2,(H3,22,23,24,28). The van der Waals surface area contributed by atoms with Crippen LogP contribution in [-0.4, -0.2) is 71.6 Å². The van der Waals surface area contributed by atoms with Crippen molar-refractivity contribution in [3.05, 3.63) is 52.3 Å². The molecule has 2 aliphatic heterocycles. The zero-order valence-electron chi connectivity index (χ0n) is 16.4. The fraction of sp³-hybridized carbons (Fsp3) is 0.524. The van der Waals surface area contributed by atoms with Crippen molar-refractivity contribution in [3.8, 4) is 0 Å². The van der Waals surface area contributed by atoms with Crippen LogP contribution in [0.5, 0.6) is 0 Å². The average Bonchev–Trinajstić information content (AvgIpc) is 2.73. The van der Waals surface area contributed by atoms with Gasteiger partial charge in [0, 0.05) is 44.8 Å². The van der Waals surface area contributed by atoms with Crippen LogP contribution in [-0.2, 0) is 6.42 Å². The van der Waals surface area contributed by atoms with Crippen LogP contribution in [0.1, 0.15) is 18.4 Å². The number of anilines is 2. The Morgan fingerprint density at radius 1 is 1.04 bits per heavy atom. The Hall–Kier alpha value is -2.38. The van der Waals surface area contributed by atoms with E-state index in [-0.39, 0.29) is 11.5 Å². The number of piperidine rings is 1. The van der Waals surface area contributed by atoms with E-state index >= 15 is 0 Å². The molecule has 0 atom stereocenters. The summed E-state index contributed by atoms with van der Waals surface area (Å²) in [5, 5.41) is 0. The first-order valence-electron chi connectivity index (χ1n) is 10.3. The van der Waals surface area contributed by atoms with Gasteiger partial charge in [0.1, 0.15) is 5.82 Å². The fourth-order valence-corrected chi connectivity index (χ4v) is 4.38. The molecule has 7 heteroatoms. The van der Waals surface area contributed by atoms with Crippen molar-refractivity contribution in [1.29, 1.82) is 0 Å². The van der Waals surface area contributed by atoms with Crippen LogP contribution in [0.2, 0.25) is 0 Å². The predicted octanol–water partition coefficient (Wildman–Crippen LogP) is 1.18. The summed E-state index contributed by atoms with van der Waals surface area (Å²) >= 11 is 0. The third kappa shape index (κ3) is 4.72. The van der Waals surface area contributed by atoms with Gasteiger partial charge in [-0.25, -0.2) is 0 Å². The minimum atomic E-state index is -0.187. The number of benzene rings is 1. The largest absolute Gasteiger partial charge is 0.369 e. The molecular weight excluding hydrogens is 352 g/mol. The molecule has 0 radical (unpaired) electrons. The van der Waals surface area contributed by atoms with Gasteiger partial charge in [0.25, 0.3) is 5.56 Å². The summed E-state index contributed by atoms with van der Waals surface area (Å²) in [6.45, 7) is 7.34. The summed E-state index contributed by atoms with van der Waals surface area (Å²) in [5.74, 6) is 0.879. The Bertz CT molecular complexity index is 807. The number of hydrogen-bond donors (Lipinski definition) is 2. The average molecular weight is 383 g/mol. The number of piperazine rings is 1. The normalized spacial score (nSPS) is 19.8. The van der Waals surface area contributed by atoms with Crippen molar-refractivity contribution in [1.82, 2.24) is 19.8 Å². The zero-order valence-corrected chi connectivity index (χ0v) is 16.4. The lowest BCUT2D eigenvalue weighted by atomic mass is 10.0. The van der Waals surface area contributed by atoms with Crippen LogP contribution in [0.15, 0.2) is 41.2 Å². The number of H-pyrrole nitrogens is 1. The molecule has 1 aromatic heterocycles. The molecule has 2 fully saturated rings. The van der Waals surface area contributed by atoms with E-state index < -0.39 is 0 Å². The number of aromatic nitrogens is 2. The number of likely N-dealkylation sites (tertiary alicyclic amines) is 1. The molecule has 2 aromatic rings. The summed E-state index contributed by atoms with van der Waals surface area (Å²) in [4.78, 5) is 25.8. The molecule has 4 rings (SSSR count). The number of hydrogen-bond acceptors (Lipinski definition) is 6. The van der Waals surface area contributed by atoms with Crippen LogP contribution in [0, 0.1) is 0 Å². The number of nitrogens with one attached hydrogen (secondary N) is 1. The van der Waals surface area contributed by atoms with Crippen LogP contribution < -0.4 is 16.2 Å². The van der Waals surface area contributed by atoms with Gasteiger partial charge in [0.15, 0.2) is 0 Å². The molecule has 0 amide bonds. The first-order chi connectivity index (χ1) is 13.7. The molecule has 28 heavy (non-hydrogen) atoms. The Labute approximate surface area is 166 Å². The summed E-state index contributed by atoms with van der Waals surface area (Å²) < 4.78 is 0. The third-order valence-electron chi connectivity index (χ3n) is 6.02. The highest BCUT2D eigenvalue weighted by Crippen LogP contribution is 2.20. The second-order valence-electron chi connectivity index (χ2n) is 7.82. The molecule has 0 aliphatic carbocycles. The van der Waals surface area contributed by atoms with Crippen LogP contribution in [0.4, 0.5) is 11.8 Å². The van der Waals surface area contributed by atoms with Gasteiger partial charge in [-0.05, 0) is 37.9 Å². The second-order valence-corrected chi connectivity index (χ2v) is 7.82. The molecule has 2 aliphatic rings. The number of nitrogens with zero attached hydrogens (tertiary/aromatic N) is 4. The number of nitrogens with two attached hydrogens (primary N) is 1. The van der Waals surface area contributed by atoms with E-state index in [1.807, 2.05) is 0 Å². The minimum absolute atomic E-state index is 0.187. The molecule has 150 valence electrons. The van der Waals surface area contributed by atoms with Crippen molar-refractivity contribution >= 4 is 11.8 Å². The molecule has 0 saturated carbocycles. The van der Waals surface area contributed by atoms with E-state index in [4.69, 9.17) is 5.73 Å². The Kier molecular flexibility index (Phi) is 5.92. The van der Waals surface area contributed by atoms with E-state index in [9.17, 15) is 4.79 Å². The smallest absolute Gasteiger partial charge is 0.254 e. The van der Waals surface area contributed by atoms with Gasteiger partial charge in [-0.3, -0.25) is 14.7 Å². The highest BCUT2D eigenvalue weighted by molar-refractivity contribution is 5.41. The van der Waals surface area contributed by atoms with Crippen LogP contribution >= 0.6 is 0 Å². The third-order valence-corrected chi connectivity index (χ3v) is 6.02. The molecule has 3 heterocycles. The Morgan fingerprint density at radius 3 is 2.43 bits per heavy atom. The van der Waals surface area contributed by atoms with E-state index in [0.717, 1.165) is 39.1 Å². The quantitative estimate of drug-likeness (QED) is 0.808. The number of aromatic amines is 1. The first-order valence-corrected chi connectivity index (χ1v) is 10.3. The zero-order chi connectivity index (χ0) is 19.3. The lowest BCUT2D eigenvalue weighted by Crippen LogP contribution is -2.53. The van der Waals surface area contributed by atoms with Gasteiger partial charge in [-0.15, -0.1) is 0 Å². The van der Waals surface area contributed by atoms with Gasteiger partial charge in [0.05, 0.1) is 0 Å². The first kappa shape index (κ1) is 19.0. The number of rotatable bonds is 5. The molecule has 7 nitrogen and oxygen atoms in total. The van der Waals surface area contributed by atoms with E-state index in [1.54, 1.807) is 0 Å². The molecule has 2 saturated heterocycles. The lowest BCUT2D eigenvalue weighted by Gasteiger charge is -2.43.